The molecule has 0 aliphatic carbocycles. The number of hydrogen-bond donors (Lipinski definition) is 0. The van der Waals surface area contributed by atoms with Crippen LogP contribution in [-0.4, -0.2) is 36.5 Å². The van der Waals surface area contributed by atoms with Gasteiger partial charge >= 0.3 is 39.6 Å². The van der Waals surface area contributed by atoms with Gasteiger partial charge in [-0.2, -0.15) is 10.2 Å². The molecular formula is C20H19Br3CuN4O2. The van der Waals surface area contributed by atoms with Gasteiger partial charge in [-0.1, -0.05) is 52.3 Å². The number of halogens is 3. The monoisotopic (exact) mass is 647 g/mol. The van der Waals surface area contributed by atoms with Gasteiger partial charge in [0.2, 0.25) is 0 Å². The number of Topliss-reactive ketones (excluding diaryl/α,β-unsaturated/α-hetero) is 2. The van der Waals surface area contributed by atoms with Gasteiger partial charge in [-0.05, 0) is 12.1 Å². The Hall–Kier alpha value is -1.32. The van der Waals surface area contributed by atoms with E-state index in [1.54, 1.807) is 9.36 Å². The summed E-state index contributed by atoms with van der Waals surface area (Å²) in [5, 5.41) is 10.5. The van der Waals surface area contributed by atoms with Gasteiger partial charge in [-0.3, -0.25) is 19.0 Å². The summed E-state index contributed by atoms with van der Waals surface area (Å²) in [7, 11) is 3.68. The average Bonchev–Trinajstić information content (AvgIpc) is 3.27. The number of alkyl halides is 1. The quantitative estimate of drug-likeness (QED) is 0.164. The summed E-state index contributed by atoms with van der Waals surface area (Å²) in [6.07, 6.45) is 0. The van der Waals surface area contributed by atoms with Gasteiger partial charge in [0.05, 0.1) is 16.4 Å². The van der Waals surface area contributed by atoms with Crippen molar-refractivity contribution in [1.29, 1.82) is 0 Å². The molecular weight excluding hydrogens is 632 g/mol. The van der Waals surface area contributed by atoms with Crippen LogP contribution in [0.3, 0.4) is 0 Å². The van der Waals surface area contributed by atoms with Crippen molar-refractivity contribution in [2.45, 2.75) is 6.92 Å². The first-order chi connectivity index (χ1) is 14.3. The molecule has 0 N–H and O–H groups in total. The number of fused-ring (bicyclic) bond motifs is 2. The second-order valence-electron chi connectivity index (χ2n) is 6.13. The van der Waals surface area contributed by atoms with Crippen molar-refractivity contribution < 1.29 is 20.9 Å². The van der Waals surface area contributed by atoms with Crippen molar-refractivity contribution in [2.75, 3.05) is 5.33 Å². The van der Waals surface area contributed by atoms with Crippen LogP contribution in [0.1, 0.15) is 27.9 Å². The molecule has 0 radical (unpaired) electrons. The van der Waals surface area contributed by atoms with Crippen LogP contribution in [-0.2, 0) is 25.4 Å². The SMILES string of the molecule is CC(=O)c1nn(C)c2ccccc12.Cn1nc(C(=O)CBr)c2ccccc21.[Br][Cu][Br]. The van der Waals surface area contributed by atoms with E-state index in [1.807, 2.05) is 62.6 Å². The van der Waals surface area contributed by atoms with E-state index >= 15 is 0 Å². The van der Waals surface area contributed by atoms with Crippen molar-refractivity contribution in [3.05, 3.63) is 59.9 Å². The van der Waals surface area contributed by atoms with Crippen LogP contribution in [0.2, 0.25) is 0 Å². The summed E-state index contributed by atoms with van der Waals surface area (Å²) >= 11 is 10.5. The molecule has 0 spiro atoms. The van der Waals surface area contributed by atoms with Crippen LogP contribution in [0.25, 0.3) is 21.8 Å². The first-order valence-electron chi connectivity index (χ1n) is 8.60. The summed E-state index contributed by atoms with van der Waals surface area (Å²) in [5.41, 5.74) is 3.07. The minimum atomic E-state index is 0.0109. The zero-order valence-electron chi connectivity index (χ0n) is 16.4. The van der Waals surface area contributed by atoms with Crippen LogP contribution in [0.4, 0.5) is 0 Å². The maximum atomic E-state index is 11.5. The molecule has 10 heteroatoms. The minimum absolute atomic E-state index is 0.0109. The standard InChI is InChI=1S/C10H9BrN2O.C10H10N2O.2BrH.Cu/c1-13-8-5-3-2-4-7(8)10(12-13)9(14)6-11;1-7(13)10-8-5-3-4-6-9(8)12(2)11-10;;;/h2-5H,6H2,1H3;3-6H,1-2H3;2*1H;/q;;;;+2/p-2. The van der Waals surface area contributed by atoms with Crippen molar-refractivity contribution >= 4 is 77.5 Å². The summed E-state index contributed by atoms with van der Waals surface area (Å²) < 4.78 is 3.46. The molecule has 0 fully saturated rings. The Bertz CT molecular complexity index is 1170. The Labute approximate surface area is 203 Å². The van der Waals surface area contributed by atoms with E-state index in [-0.39, 0.29) is 11.6 Å². The summed E-state index contributed by atoms with van der Waals surface area (Å²) in [4.78, 5) is 22.7. The van der Waals surface area contributed by atoms with E-state index in [0.29, 0.717) is 16.7 Å². The van der Waals surface area contributed by atoms with Crippen LogP contribution in [0.15, 0.2) is 48.5 Å². The van der Waals surface area contributed by atoms with Gasteiger partial charge in [0.1, 0.15) is 11.4 Å². The fourth-order valence-electron chi connectivity index (χ4n) is 2.96. The first kappa shape index (κ1) is 24.9. The van der Waals surface area contributed by atoms with Crippen LogP contribution in [0, 0.1) is 0 Å². The molecule has 6 nitrogen and oxygen atoms in total. The van der Waals surface area contributed by atoms with Crippen LogP contribution in [0.5, 0.6) is 0 Å². The molecule has 30 heavy (non-hydrogen) atoms. The molecule has 2 aromatic heterocycles. The molecule has 2 aromatic carbocycles. The third-order valence-electron chi connectivity index (χ3n) is 4.23. The maximum absolute atomic E-state index is 11.5. The first-order valence-corrected chi connectivity index (χ1v) is 14.4. The second-order valence-corrected chi connectivity index (χ2v) is 11.4. The Kier molecular flexibility index (Phi) is 9.90. The number of rotatable bonds is 3. The van der Waals surface area contributed by atoms with Gasteiger partial charge in [-0.15, -0.1) is 0 Å². The number of para-hydroxylation sites is 2. The fraction of sp³-hybridized carbons (Fsp3) is 0.200. The molecule has 4 rings (SSSR count). The molecule has 0 saturated heterocycles. The number of carbonyl (C=O) groups excluding carboxylic acids is 2. The second kappa shape index (κ2) is 11.9. The number of carbonyl (C=O) groups is 2. The summed E-state index contributed by atoms with van der Waals surface area (Å²) in [6, 6.07) is 15.4. The Morgan fingerprint density at radius 2 is 1.27 bits per heavy atom. The number of hydrogen-bond acceptors (Lipinski definition) is 4. The van der Waals surface area contributed by atoms with Crippen LogP contribution < -0.4 is 0 Å². The Morgan fingerprint density at radius 3 is 1.70 bits per heavy atom. The fourth-order valence-corrected chi connectivity index (χ4v) is 3.22. The van der Waals surface area contributed by atoms with Gasteiger partial charge in [0.15, 0.2) is 11.6 Å². The van der Waals surface area contributed by atoms with Gasteiger partial charge in [-0.25, -0.2) is 0 Å². The normalized spacial score (nSPS) is 10.3. The van der Waals surface area contributed by atoms with E-state index in [4.69, 9.17) is 0 Å². The zero-order chi connectivity index (χ0) is 22.3. The van der Waals surface area contributed by atoms with E-state index in [0.717, 1.165) is 21.8 Å². The predicted molar refractivity (Wildman–Crippen MR) is 127 cm³/mol. The topological polar surface area (TPSA) is 69.8 Å². The van der Waals surface area contributed by atoms with Gasteiger partial charge in [0, 0.05) is 31.8 Å². The molecule has 0 aliphatic heterocycles. The number of ketones is 2. The number of aryl methyl sites for hydroxylation is 2. The van der Waals surface area contributed by atoms with Crippen molar-refractivity contribution in [2.24, 2.45) is 14.1 Å². The molecule has 163 valence electrons. The average molecular weight is 651 g/mol. The zero-order valence-corrected chi connectivity index (χ0v) is 22.1. The van der Waals surface area contributed by atoms with Crippen LogP contribution >= 0.6 is 44.2 Å². The van der Waals surface area contributed by atoms with E-state index in [1.165, 1.54) is 18.3 Å². The van der Waals surface area contributed by atoms with Gasteiger partial charge in [0.25, 0.3) is 0 Å². The molecule has 0 saturated carbocycles. The molecule has 0 amide bonds. The molecule has 2 heterocycles. The predicted octanol–water partition coefficient (Wildman–Crippen LogP) is 5.62. The molecule has 0 aliphatic rings. The van der Waals surface area contributed by atoms with Crippen molar-refractivity contribution in [3.63, 3.8) is 0 Å². The van der Waals surface area contributed by atoms with Crippen molar-refractivity contribution in [3.8, 4) is 0 Å². The summed E-state index contributed by atoms with van der Waals surface area (Å²) in [6.45, 7) is 1.54. The molecule has 0 bridgehead atoms. The van der Waals surface area contributed by atoms with Gasteiger partial charge < -0.3 is 0 Å². The number of aromatic nitrogens is 4. The number of benzene rings is 2. The molecule has 0 unspecified atom stereocenters. The van der Waals surface area contributed by atoms with E-state index < -0.39 is 0 Å². The van der Waals surface area contributed by atoms with E-state index in [2.05, 4.69) is 54.3 Å². The third kappa shape index (κ3) is 5.88. The Balaban J connectivity index is 0.000000190. The third-order valence-corrected chi connectivity index (χ3v) is 4.74. The summed E-state index contributed by atoms with van der Waals surface area (Å²) in [5.74, 6) is 0.0265. The molecule has 0 atom stereocenters. The number of nitrogens with zero attached hydrogens (tertiary/aromatic N) is 4. The Morgan fingerprint density at radius 1 is 0.867 bits per heavy atom. The molecule has 4 aromatic rings. The van der Waals surface area contributed by atoms with E-state index in [9.17, 15) is 9.59 Å². The van der Waals surface area contributed by atoms with Crippen molar-refractivity contribution in [1.82, 2.24) is 19.6 Å².